The van der Waals surface area contributed by atoms with Crippen LogP contribution in [0.2, 0.25) is 0 Å². The average molecular weight is 187 g/mol. The van der Waals surface area contributed by atoms with Gasteiger partial charge in [0.1, 0.15) is 5.67 Å². The summed E-state index contributed by atoms with van der Waals surface area (Å²) in [5.41, 5.74) is -0.979. The van der Waals surface area contributed by atoms with Crippen molar-refractivity contribution in [3.05, 3.63) is 0 Å². The Morgan fingerprint density at radius 1 is 1.62 bits per heavy atom. The van der Waals surface area contributed by atoms with Crippen molar-refractivity contribution in [3.8, 4) is 0 Å². The molecule has 0 aromatic carbocycles. The summed E-state index contributed by atoms with van der Waals surface area (Å²) < 4.78 is 13.0. The summed E-state index contributed by atoms with van der Waals surface area (Å²) in [7, 11) is 0. The molecule has 1 aliphatic carbocycles. The summed E-state index contributed by atoms with van der Waals surface area (Å²) in [6, 6.07) is 0. The van der Waals surface area contributed by atoms with Gasteiger partial charge < -0.3 is 5.32 Å². The Balaban J connectivity index is 2.12. The van der Waals surface area contributed by atoms with Crippen LogP contribution in [0.5, 0.6) is 0 Å². The summed E-state index contributed by atoms with van der Waals surface area (Å²) in [5, 5.41) is 2.82. The second-order valence-electron chi connectivity index (χ2n) is 4.59. The molecule has 13 heavy (non-hydrogen) atoms. The lowest BCUT2D eigenvalue weighted by Crippen LogP contribution is -2.43. The number of nitrogens with one attached hydrogen (secondary N) is 1. The van der Waals surface area contributed by atoms with E-state index >= 15 is 0 Å². The Kier molecular flexibility index (Phi) is 2.94. The maximum atomic E-state index is 13.0. The van der Waals surface area contributed by atoms with Crippen LogP contribution in [0.1, 0.15) is 33.6 Å². The molecule has 0 spiro atoms. The fourth-order valence-corrected chi connectivity index (χ4v) is 1.74. The first-order chi connectivity index (χ1) is 5.91. The second kappa shape index (κ2) is 3.64. The van der Waals surface area contributed by atoms with Crippen molar-refractivity contribution in [2.75, 3.05) is 6.54 Å². The number of amides is 1. The standard InChI is InChI=1S/C10H18FNO/c1-7(2)9(13)12-6-8-4-10(3,11)5-8/h7-8H,4-6H2,1-3H3,(H,12,13). The highest BCUT2D eigenvalue weighted by atomic mass is 19.1. The van der Waals surface area contributed by atoms with Crippen LogP contribution in [0.15, 0.2) is 0 Å². The van der Waals surface area contributed by atoms with Crippen LogP contribution in [0.3, 0.4) is 0 Å². The van der Waals surface area contributed by atoms with Gasteiger partial charge in [0.05, 0.1) is 0 Å². The van der Waals surface area contributed by atoms with Crippen LogP contribution in [0.4, 0.5) is 4.39 Å². The summed E-state index contributed by atoms with van der Waals surface area (Å²) in [6.07, 6.45) is 1.18. The highest BCUT2D eigenvalue weighted by Gasteiger charge is 2.40. The molecule has 0 aromatic rings. The highest BCUT2D eigenvalue weighted by molar-refractivity contribution is 5.77. The van der Waals surface area contributed by atoms with E-state index < -0.39 is 5.67 Å². The molecule has 3 heteroatoms. The zero-order chi connectivity index (χ0) is 10.1. The molecule has 1 aliphatic rings. The van der Waals surface area contributed by atoms with E-state index in [0.29, 0.717) is 25.3 Å². The van der Waals surface area contributed by atoms with E-state index in [-0.39, 0.29) is 11.8 Å². The first kappa shape index (κ1) is 10.5. The van der Waals surface area contributed by atoms with Crippen molar-refractivity contribution < 1.29 is 9.18 Å². The van der Waals surface area contributed by atoms with Gasteiger partial charge in [-0.1, -0.05) is 13.8 Å². The molecule has 0 radical (unpaired) electrons. The number of carbonyl (C=O) groups is 1. The predicted molar refractivity (Wildman–Crippen MR) is 50.1 cm³/mol. The van der Waals surface area contributed by atoms with Crippen molar-refractivity contribution in [2.24, 2.45) is 11.8 Å². The Labute approximate surface area is 78.9 Å². The third-order valence-corrected chi connectivity index (χ3v) is 2.52. The maximum Gasteiger partial charge on any atom is 0.222 e. The topological polar surface area (TPSA) is 29.1 Å². The Morgan fingerprint density at radius 3 is 2.54 bits per heavy atom. The zero-order valence-corrected chi connectivity index (χ0v) is 8.56. The minimum atomic E-state index is -0.979. The molecule has 1 saturated carbocycles. The first-order valence-electron chi connectivity index (χ1n) is 4.87. The summed E-state index contributed by atoms with van der Waals surface area (Å²) >= 11 is 0. The second-order valence-corrected chi connectivity index (χ2v) is 4.59. The molecule has 0 aromatic heterocycles. The number of carbonyl (C=O) groups excluding carboxylic acids is 1. The van der Waals surface area contributed by atoms with Crippen LogP contribution in [0, 0.1) is 11.8 Å². The van der Waals surface area contributed by atoms with Crippen molar-refractivity contribution in [3.63, 3.8) is 0 Å². The monoisotopic (exact) mass is 187 g/mol. The van der Waals surface area contributed by atoms with Gasteiger partial charge in [0.25, 0.3) is 0 Å². The average Bonchev–Trinajstić information content (AvgIpc) is 1.95. The highest BCUT2D eigenvalue weighted by Crippen LogP contribution is 2.40. The van der Waals surface area contributed by atoms with Crippen molar-refractivity contribution >= 4 is 5.91 Å². The molecule has 0 aliphatic heterocycles. The van der Waals surface area contributed by atoms with Gasteiger partial charge in [0.2, 0.25) is 5.91 Å². The Hall–Kier alpha value is -0.600. The van der Waals surface area contributed by atoms with Gasteiger partial charge in [-0.15, -0.1) is 0 Å². The molecule has 2 nitrogen and oxygen atoms in total. The van der Waals surface area contributed by atoms with Crippen LogP contribution in [-0.2, 0) is 4.79 Å². The van der Waals surface area contributed by atoms with Gasteiger partial charge >= 0.3 is 0 Å². The van der Waals surface area contributed by atoms with Gasteiger partial charge in [-0.25, -0.2) is 4.39 Å². The van der Waals surface area contributed by atoms with Crippen molar-refractivity contribution in [1.29, 1.82) is 0 Å². The first-order valence-corrected chi connectivity index (χ1v) is 4.87. The van der Waals surface area contributed by atoms with Crippen LogP contribution < -0.4 is 5.32 Å². The normalized spacial score (nSPS) is 32.8. The third-order valence-electron chi connectivity index (χ3n) is 2.52. The van der Waals surface area contributed by atoms with E-state index in [9.17, 15) is 9.18 Å². The summed E-state index contributed by atoms with van der Waals surface area (Å²) in [4.78, 5) is 11.1. The van der Waals surface area contributed by atoms with Crippen molar-refractivity contribution in [2.45, 2.75) is 39.3 Å². The van der Waals surface area contributed by atoms with E-state index in [1.54, 1.807) is 6.92 Å². The van der Waals surface area contributed by atoms with E-state index in [1.807, 2.05) is 13.8 Å². The Morgan fingerprint density at radius 2 is 2.15 bits per heavy atom. The van der Waals surface area contributed by atoms with Gasteiger partial charge in [0, 0.05) is 12.5 Å². The molecule has 1 N–H and O–H groups in total. The number of hydrogen-bond donors (Lipinski definition) is 1. The number of alkyl halides is 1. The summed E-state index contributed by atoms with van der Waals surface area (Å²) in [6.45, 7) is 5.97. The third kappa shape index (κ3) is 2.98. The molecule has 0 unspecified atom stereocenters. The van der Waals surface area contributed by atoms with Crippen LogP contribution in [0.25, 0.3) is 0 Å². The van der Waals surface area contributed by atoms with E-state index in [1.165, 1.54) is 0 Å². The molecule has 1 rings (SSSR count). The SMILES string of the molecule is CC(C)C(=O)NCC1CC(C)(F)C1. The van der Waals surface area contributed by atoms with Gasteiger partial charge in [-0.2, -0.15) is 0 Å². The fourth-order valence-electron chi connectivity index (χ4n) is 1.74. The number of rotatable bonds is 3. The van der Waals surface area contributed by atoms with E-state index in [2.05, 4.69) is 5.32 Å². The molecular formula is C10H18FNO. The number of halogens is 1. The van der Waals surface area contributed by atoms with E-state index in [0.717, 1.165) is 0 Å². The molecule has 0 heterocycles. The molecule has 0 saturated heterocycles. The van der Waals surface area contributed by atoms with E-state index in [4.69, 9.17) is 0 Å². The molecular weight excluding hydrogens is 169 g/mol. The van der Waals surface area contributed by atoms with Gasteiger partial charge in [-0.05, 0) is 25.7 Å². The van der Waals surface area contributed by atoms with Crippen molar-refractivity contribution in [1.82, 2.24) is 5.32 Å². The largest absolute Gasteiger partial charge is 0.356 e. The maximum absolute atomic E-state index is 13.0. The lowest BCUT2D eigenvalue weighted by Gasteiger charge is -2.38. The Bertz CT molecular complexity index is 193. The zero-order valence-electron chi connectivity index (χ0n) is 8.56. The number of hydrogen-bond acceptors (Lipinski definition) is 1. The van der Waals surface area contributed by atoms with Crippen LogP contribution >= 0.6 is 0 Å². The minimum absolute atomic E-state index is 0.0248. The molecule has 1 fully saturated rings. The molecule has 76 valence electrons. The predicted octanol–water partition coefficient (Wildman–Crippen LogP) is 1.90. The minimum Gasteiger partial charge on any atom is -0.356 e. The smallest absolute Gasteiger partial charge is 0.222 e. The van der Waals surface area contributed by atoms with Gasteiger partial charge in [-0.3, -0.25) is 4.79 Å². The summed E-state index contributed by atoms with van der Waals surface area (Å²) in [5.74, 6) is 0.432. The molecule has 0 bridgehead atoms. The lowest BCUT2D eigenvalue weighted by molar-refractivity contribution is -0.124. The fraction of sp³-hybridized carbons (Fsp3) is 0.900. The molecule has 0 atom stereocenters. The lowest BCUT2D eigenvalue weighted by atomic mass is 9.73. The van der Waals surface area contributed by atoms with Gasteiger partial charge in [0.15, 0.2) is 0 Å². The van der Waals surface area contributed by atoms with Crippen LogP contribution in [-0.4, -0.2) is 18.1 Å². The molecule has 1 amide bonds. The quantitative estimate of drug-likeness (QED) is 0.718.